The molecule has 0 atom stereocenters. The lowest BCUT2D eigenvalue weighted by Gasteiger charge is -1.99. The number of nitrogens with zero attached hydrogens (tertiary/aromatic N) is 1. The van der Waals surface area contributed by atoms with E-state index >= 15 is 0 Å². The molecule has 1 saturated heterocycles. The minimum absolute atomic E-state index is 0.165. The van der Waals surface area contributed by atoms with Crippen LogP contribution in [0.25, 0.3) is 17.0 Å². The van der Waals surface area contributed by atoms with E-state index in [9.17, 15) is 14.4 Å². The lowest BCUT2D eigenvalue weighted by molar-refractivity contribution is -0.137. The van der Waals surface area contributed by atoms with Crippen LogP contribution >= 0.6 is 11.8 Å². The van der Waals surface area contributed by atoms with Gasteiger partial charge in [-0.25, -0.2) is 0 Å². The third-order valence-corrected chi connectivity index (χ3v) is 3.86. The normalized spacial score (nSPS) is 16.7. The zero-order chi connectivity index (χ0) is 15.0. The zero-order valence-corrected chi connectivity index (χ0v) is 11.5. The summed E-state index contributed by atoms with van der Waals surface area (Å²) in [6, 6.07) is 7.31. The summed E-state index contributed by atoms with van der Waals surface area (Å²) >= 11 is 0.836. The van der Waals surface area contributed by atoms with Gasteiger partial charge in [-0.2, -0.15) is 0 Å². The summed E-state index contributed by atoms with van der Waals surface area (Å²) in [5.41, 5.74) is 1.47. The van der Waals surface area contributed by atoms with E-state index in [0.29, 0.717) is 10.5 Å². The van der Waals surface area contributed by atoms with Crippen LogP contribution in [0.2, 0.25) is 0 Å². The molecule has 0 spiro atoms. The summed E-state index contributed by atoms with van der Waals surface area (Å²) in [4.78, 5) is 34.0. The third-order valence-electron chi connectivity index (χ3n) is 3.05. The summed E-state index contributed by atoms with van der Waals surface area (Å²) in [7, 11) is 0. The van der Waals surface area contributed by atoms with Crippen LogP contribution < -0.4 is 5.32 Å². The second kappa shape index (κ2) is 5.10. The highest BCUT2D eigenvalue weighted by atomic mass is 32.2. The van der Waals surface area contributed by atoms with Gasteiger partial charge in [0.15, 0.2) is 0 Å². The van der Waals surface area contributed by atoms with Crippen LogP contribution in [0.1, 0.15) is 5.56 Å². The SMILES string of the molecule is O=C(O)Cn1cc(/C=C2\SC(=O)NC2=O)c2ccccc21. The van der Waals surface area contributed by atoms with Crippen LogP contribution in [0.4, 0.5) is 4.79 Å². The molecule has 21 heavy (non-hydrogen) atoms. The Balaban J connectivity index is 2.11. The van der Waals surface area contributed by atoms with Crippen LogP contribution in [0.3, 0.4) is 0 Å². The maximum Gasteiger partial charge on any atom is 0.323 e. The molecule has 1 aromatic heterocycles. The second-order valence-corrected chi connectivity index (χ2v) is 5.49. The molecular formula is C14H10N2O4S. The van der Waals surface area contributed by atoms with Crippen LogP contribution in [0.15, 0.2) is 35.4 Å². The lowest BCUT2D eigenvalue weighted by atomic mass is 10.1. The van der Waals surface area contributed by atoms with E-state index in [-0.39, 0.29) is 6.54 Å². The molecule has 0 unspecified atom stereocenters. The maximum absolute atomic E-state index is 11.6. The molecule has 1 aliphatic rings. The van der Waals surface area contributed by atoms with Gasteiger partial charge >= 0.3 is 5.97 Å². The number of nitrogens with one attached hydrogen (secondary N) is 1. The minimum Gasteiger partial charge on any atom is -0.480 e. The zero-order valence-electron chi connectivity index (χ0n) is 10.7. The van der Waals surface area contributed by atoms with E-state index in [0.717, 1.165) is 22.7 Å². The molecule has 1 aromatic carbocycles. The van der Waals surface area contributed by atoms with E-state index < -0.39 is 17.1 Å². The summed E-state index contributed by atoms with van der Waals surface area (Å²) in [6.45, 7) is -0.165. The number of rotatable bonds is 3. The van der Waals surface area contributed by atoms with Gasteiger partial charge in [-0.05, 0) is 23.9 Å². The molecule has 2 amide bonds. The number of carbonyl (C=O) groups is 3. The molecule has 2 aromatic rings. The number of thioether (sulfide) groups is 1. The highest BCUT2D eigenvalue weighted by Crippen LogP contribution is 2.29. The summed E-state index contributed by atoms with van der Waals surface area (Å²) < 4.78 is 1.60. The van der Waals surface area contributed by atoms with Gasteiger partial charge in [0.05, 0.1) is 4.91 Å². The molecule has 7 heteroatoms. The number of aliphatic carboxylic acids is 1. The number of carboxylic acid groups (broad SMARTS) is 1. The predicted octanol–water partition coefficient (Wildman–Crippen LogP) is 2.05. The highest BCUT2D eigenvalue weighted by molar-refractivity contribution is 8.18. The molecule has 1 fully saturated rings. The fraction of sp³-hybridized carbons (Fsp3) is 0.0714. The van der Waals surface area contributed by atoms with Crippen molar-refractivity contribution in [3.8, 4) is 0 Å². The number of fused-ring (bicyclic) bond motifs is 1. The van der Waals surface area contributed by atoms with Gasteiger partial charge in [-0.3, -0.25) is 19.7 Å². The van der Waals surface area contributed by atoms with E-state index in [1.165, 1.54) is 0 Å². The molecule has 1 aliphatic heterocycles. The van der Waals surface area contributed by atoms with Gasteiger partial charge in [-0.1, -0.05) is 18.2 Å². The van der Waals surface area contributed by atoms with Crippen molar-refractivity contribution >= 4 is 45.9 Å². The number of para-hydroxylation sites is 1. The van der Waals surface area contributed by atoms with E-state index in [4.69, 9.17) is 5.11 Å². The smallest absolute Gasteiger partial charge is 0.323 e. The largest absolute Gasteiger partial charge is 0.480 e. The maximum atomic E-state index is 11.6. The Morgan fingerprint density at radius 1 is 1.33 bits per heavy atom. The van der Waals surface area contributed by atoms with Crippen molar-refractivity contribution in [3.63, 3.8) is 0 Å². The van der Waals surface area contributed by atoms with Crippen molar-refractivity contribution in [2.75, 3.05) is 0 Å². The first-order valence-electron chi connectivity index (χ1n) is 6.09. The first-order chi connectivity index (χ1) is 10.0. The topological polar surface area (TPSA) is 88.4 Å². The molecule has 0 saturated carbocycles. The molecule has 0 aliphatic carbocycles. The van der Waals surface area contributed by atoms with Gasteiger partial charge < -0.3 is 9.67 Å². The summed E-state index contributed by atoms with van der Waals surface area (Å²) in [5.74, 6) is -1.38. The van der Waals surface area contributed by atoms with Crippen molar-refractivity contribution < 1.29 is 19.5 Å². The Bertz CT molecular complexity index is 806. The van der Waals surface area contributed by atoms with Gasteiger partial charge in [0.25, 0.3) is 11.1 Å². The third kappa shape index (κ3) is 2.55. The van der Waals surface area contributed by atoms with E-state index in [1.807, 2.05) is 24.3 Å². The van der Waals surface area contributed by atoms with E-state index in [2.05, 4.69) is 5.32 Å². The molecule has 0 radical (unpaired) electrons. The number of imide groups is 1. The Hall–Kier alpha value is -2.54. The number of carbonyl (C=O) groups excluding carboxylic acids is 2. The average molecular weight is 302 g/mol. The first-order valence-corrected chi connectivity index (χ1v) is 6.91. The number of aromatic nitrogens is 1. The molecule has 6 nitrogen and oxygen atoms in total. The van der Waals surface area contributed by atoms with Crippen LogP contribution in [0.5, 0.6) is 0 Å². The van der Waals surface area contributed by atoms with Crippen molar-refractivity contribution in [2.45, 2.75) is 6.54 Å². The number of hydrogen-bond donors (Lipinski definition) is 2. The lowest BCUT2D eigenvalue weighted by Crippen LogP contribution is -2.17. The number of benzene rings is 1. The highest BCUT2D eigenvalue weighted by Gasteiger charge is 2.25. The first kappa shape index (κ1) is 13.4. The Morgan fingerprint density at radius 2 is 2.10 bits per heavy atom. The van der Waals surface area contributed by atoms with Gasteiger partial charge in [-0.15, -0.1) is 0 Å². The second-order valence-electron chi connectivity index (χ2n) is 4.48. The fourth-order valence-corrected chi connectivity index (χ4v) is 2.90. The average Bonchev–Trinajstić information content (AvgIpc) is 2.91. The van der Waals surface area contributed by atoms with Crippen molar-refractivity contribution in [2.24, 2.45) is 0 Å². The Kier molecular flexibility index (Phi) is 3.26. The van der Waals surface area contributed by atoms with E-state index in [1.54, 1.807) is 16.8 Å². The molecule has 106 valence electrons. The standard InChI is InChI=1S/C14H10N2O4S/c17-12(18)7-16-6-8(9-3-1-2-4-10(9)16)5-11-13(19)15-14(20)21-11/h1-6H,7H2,(H,17,18)(H,15,19,20)/b11-5-. The van der Waals surface area contributed by atoms with Crippen molar-refractivity contribution in [1.82, 2.24) is 9.88 Å². The summed E-state index contributed by atoms with van der Waals surface area (Å²) in [5, 5.41) is 11.6. The van der Waals surface area contributed by atoms with Gasteiger partial charge in [0.1, 0.15) is 6.54 Å². The molecular weight excluding hydrogens is 292 g/mol. The molecule has 3 rings (SSSR count). The monoisotopic (exact) mass is 302 g/mol. The van der Waals surface area contributed by atoms with Crippen LogP contribution in [-0.4, -0.2) is 26.8 Å². The molecule has 2 heterocycles. The number of amides is 2. The van der Waals surface area contributed by atoms with Crippen LogP contribution in [0, 0.1) is 0 Å². The van der Waals surface area contributed by atoms with Crippen LogP contribution in [-0.2, 0) is 16.1 Å². The van der Waals surface area contributed by atoms with Gasteiger partial charge in [0, 0.05) is 22.7 Å². The van der Waals surface area contributed by atoms with Gasteiger partial charge in [0.2, 0.25) is 0 Å². The molecule has 0 bridgehead atoms. The number of hydrogen-bond acceptors (Lipinski definition) is 4. The Labute approximate surface area is 123 Å². The van der Waals surface area contributed by atoms with Crippen molar-refractivity contribution in [1.29, 1.82) is 0 Å². The predicted molar refractivity (Wildman–Crippen MR) is 78.7 cm³/mol. The fourth-order valence-electron chi connectivity index (χ4n) is 2.23. The quantitative estimate of drug-likeness (QED) is 0.847. The van der Waals surface area contributed by atoms with Crippen molar-refractivity contribution in [3.05, 3.63) is 40.9 Å². The number of carboxylic acids is 1. The minimum atomic E-state index is -0.946. The molecule has 2 N–H and O–H groups in total. The Morgan fingerprint density at radius 3 is 2.76 bits per heavy atom. The summed E-state index contributed by atoms with van der Waals surface area (Å²) in [6.07, 6.45) is 3.27.